The third-order valence-electron chi connectivity index (χ3n) is 2.38. The summed E-state index contributed by atoms with van der Waals surface area (Å²) in [5, 5.41) is 11.3. The number of nitrogens with zero attached hydrogens (tertiary/aromatic N) is 1. The Morgan fingerprint density at radius 1 is 1.33 bits per heavy atom. The van der Waals surface area contributed by atoms with Gasteiger partial charge in [-0.15, -0.1) is 0 Å². The number of carboxylic acids is 1. The summed E-state index contributed by atoms with van der Waals surface area (Å²) in [4.78, 5) is 26.1. The SMILES string of the molecule is CC(C)(C)CCC(=O)Nc1ccc(C(=O)O)cn1. The summed E-state index contributed by atoms with van der Waals surface area (Å²) in [6, 6.07) is 2.90. The third kappa shape index (κ3) is 4.95. The van der Waals surface area contributed by atoms with Crippen LogP contribution in [0.1, 0.15) is 44.0 Å². The second-order valence-electron chi connectivity index (χ2n) is 5.35. The topological polar surface area (TPSA) is 79.3 Å². The number of aromatic nitrogens is 1. The van der Waals surface area contributed by atoms with Gasteiger partial charge < -0.3 is 10.4 Å². The second kappa shape index (κ2) is 5.62. The van der Waals surface area contributed by atoms with Crippen LogP contribution in [0.4, 0.5) is 5.82 Å². The third-order valence-corrected chi connectivity index (χ3v) is 2.38. The fraction of sp³-hybridized carbons (Fsp3) is 0.462. The summed E-state index contributed by atoms with van der Waals surface area (Å²) in [6.45, 7) is 6.21. The first-order valence-electron chi connectivity index (χ1n) is 5.77. The molecule has 0 unspecified atom stereocenters. The standard InChI is InChI=1S/C13H18N2O3/c1-13(2,3)7-6-11(16)15-10-5-4-9(8-14-10)12(17)18/h4-5,8H,6-7H2,1-3H3,(H,17,18)(H,14,15,16). The molecule has 1 heterocycles. The number of aromatic carboxylic acids is 1. The van der Waals surface area contributed by atoms with Gasteiger partial charge in [-0.2, -0.15) is 0 Å². The number of carbonyl (C=O) groups is 2. The molecule has 5 heteroatoms. The van der Waals surface area contributed by atoms with Crippen LogP contribution in [0.15, 0.2) is 18.3 Å². The van der Waals surface area contributed by atoms with Gasteiger partial charge in [0.2, 0.25) is 5.91 Å². The van der Waals surface area contributed by atoms with Crippen molar-refractivity contribution >= 4 is 17.7 Å². The number of pyridine rings is 1. The molecule has 0 bridgehead atoms. The smallest absolute Gasteiger partial charge is 0.337 e. The minimum atomic E-state index is -1.03. The number of carboxylic acid groups (broad SMARTS) is 1. The summed E-state index contributed by atoms with van der Waals surface area (Å²) >= 11 is 0. The fourth-order valence-electron chi connectivity index (χ4n) is 1.29. The maximum atomic E-state index is 11.6. The molecule has 1 aromatic rings. The van der Waals surface area contributed by atoms with Gasteiger partial charge in [0.15, 0.2) is 0 Å². The second-order valence-corrected chi connectivity index (χ2v) is 5.35. The van der Waals surface area contributed by atoms with Crippen molar-refractivity contribution in [1.29, 1.82) is 0 Å². The van der Waals surface area contributed by atoms with Gasteiger partial charge in [-0.25, -0.2) is 9.78 Å². The molecule has 0 aliphatic carbocycles. The van der Waals surface area contributed by atoms with E-state index in [0.717, 1.165) is 6.42 Å². The Balaban J connectivity index is 2.52. The van der Waals surface area contributed by atoms with Crippen molar-refractivity contribution < 1.29 is 14.7 Å². The largest absolute Gasteiger partial charge is 0.478 e. The zero-order valence-electron chi connectivity index (χ0n) is 10.9. The van der Waals surface area contributed by atoms with E-state index in [2.05, 4.69) is 31.1 Å². The highest BCUT2D eigenvalue weighted by molar-refractivity contribution is 5.91. The highest BCUT2D eigenvalue weighted by Gasteiger charge is 2.13. The molecule has 2 N–H and O–H groups in total. The molecule has 0 aromatic carbocycles. The van der Waals surface area contributed by atoms with Gasteiger partial charge in [0.05, 0.1) is 5.56 Å². The molecule has 1 rings (SSSR count). The first kappa shape index (κ1) is 14.2. The number of amides is 1. The summed E-state index contributed by atoms with van der Waals surface area (Å²) in [6.07, 6.45) is 2.43. The maximum absolute atomic E-state index is 11.6. The van der Waals surface area contributed by atoms with E-state index in [4.69, 9.17) is 5.11 Å². The van der Waals surface area contributed by atoms with Crippen LogP contribution in [0.3, 0.4) is 0 Å². The van der Waals surface area contributed by atoms with Crippen LogP contribution in [0.5, 0.6) is 0 Å². The van der Waals surface area contributed by atoms with Crippen LogP contribution in [-0.4, -0.2) is 22.0 Å². The van der Waals surface area contributed by atoms with Gasteiger partial charge >= 0.3 is 5.97 Å². The molecule has 0 radical (unpaired) electrons. The molecule has 1 amide bonds. The molecule has 0 saturated carbocycles. The van der Waals surface area contributed by atoms with Crippen molar-refractivity contribution in [3.05, 3.63) is 23.9 Å². The highest BCUT2D eigenvalue weighted by Crippen LogP contribution is 2.20. The number of hydrogen-bond acceptors (Lipinski definition) is 3. The zero-order chi connectivity index (χ0) is 13.8. The fourth-order valence-corrected chi connectivity index (χ4v) is 1.29. The lowest BCUT2D eigenvalue weighted by molar-refractivity contribution is -0.116. The molecule has 0 atom stereocenters. The van der Waals surface area contributed by atoms with Crippen molar-refractivity contribution in [2.75, 3.05) is 5.32 Å². The average Bonchev–Trinajstić information content (AvgIpc) is 2.26. The average molecular weight is 250 g/mol. The first-order chi connectivity index (χ1) is 8.28. The van der Waals surface area contributed by atoms with Gasteiger partial charge in [0.1, 0.15) is 5.82 Å². The Hall–Kier alpha value is -1.91. The number of nitrogens with one attached hydrogen (secondary N) is 1. The normalized spacial score (nSPS) is 11.1. The van der Waals surface area contributed by atoms with E-state index in [1.165, 1.54) is 18.3 Å². The van der Waals surface area contributed by atoms with E-state index in [1.807, 2.05) is 0 Å². The van der Waals surface area contributed by atoms with Gasteiger partial charge in [-0.05, 0) is 24.0 Å². The number of rotatable bonds is 4. The van der Waals surface area contributed by atoms with Crippen LogP contribution < -0.4 is 5.32 Å². The molecule has 0 saturated heterocycles. The summed E-state index contributed by atoms with van der Waals surface area (Å²) in [7, 11) is 0. The Morgan fingerprint density at radius 3 is 2.44 bits per heavy atom. The number of anilines is 1. The molecule has 0 spiro atoms. The van der Waals surface area contributed by atoms with Crippen LogP contribution in [-0.2, 0) is 4.79 Å². The summed E-state index contributed by atoms with van der Waals surface area (Å²) in [5.74, 6) is -0.771. The van der Waals surface area contributed by atoms with Crippen molar-refractivity contribution in [3.63, 3.8) is 0 Å². The lowest BCUT2D eigenvalue weighted by Crippen LogP contribution is -2.16. The quantitative estimate of drug-likeness (QED) is 0.860. The Bertz CT molecular complexity index is 433. The van der Waals surface area contributed by atoms with E-state index in [-0.39, 0.29) is 16.9 Å². The zero-order valence-corrected chi connectivity index (χ0v) is 10.9. The van der Waals surface area contributed by atoms with E-state index >= 15 is 0 Å². The molecule has 1 aromatic heterocycles. The number of carbonyl (C=O) groups excluding carboxylic acids is 1. The number of hydrogen-bond donors (Lipinski definition) is 2. The molecule has 0 aliphatic rings. The van der Waals surface area contributed by atoms with Crippen LogP contribution in [0, 0.1) is 5.41 Å². The minimum absolute atomic E-state index is 0.0997. The molecule has 5 nitrogen and oxygen atoms in total. The van der Waals surface area contributed by atoms with Crippen molar-refractivity contribution in [2.45, 2.75) is 33.6 Å². The predicted octanol–water partition coefficient (Wildman–Crippen LogP) is 2.54. The summed E-state index contributed by atoms with van der Waals surface area (Å²) in [5.41, 5.74) is 0.209. The molecular weight excluding hydrogens is 232 g/mol. The lowest BCUT2D eigenvalue weighted by Gasteiger charge is -2.17. The summed E-state index contributed by atoms with van der Waals surface area (Å²) < 4.78 is 0. The van der Waals surface area contributed by atoms with Gasteiger partial charge in [-0.1, -0.05) is 20.8 Å². The first-order valence-corrected chi connectivity index (χ1v) is 5.77. The van der Waals surface area contributed by atoms with Crippen LogP contribution in [0.2, 0.25) is 0 Å². The molecule has 18 heavy (non-hydrogen) atoms. The molecular formula is C13H18N2O3. The Labute approximate surface area is 106 Å². The van der Waals surface area contributed by atoms with Crippen molar-refractivity contribution in [3.8, 4) is 0 Å². The van der Waals surface area contributed by atoms with Gasteiger partial charge in [0, 0.05) is 12.6 Å². The van der Waals surface area contributed by atoms with Gasteiger partial charge in [0.25, 0.3) is 0 Å². The maximum Gasteiger partial charge on any atom is 0.337 e. The molecule has 98 valence electrons. The predicted molar refractivity (Wildman–Crippen MR) is 68.5 cm³/mol. The Kier molecular flexibility index (Phi) is 4.42. The molecule has 0 fully saturated rings. The lowest BCUT2D eigenvalue weighted by atomic mass is 9.90. The monoisotopic (exact) mass is 250 g/mol. The van der Waals surface area contributed by atoms with Crippen LogP contribution >= 0.6 is 0 Å². The van der Waals surface area contributed by atoms with E-state index in [0.29, 0.717) is 12.2 Å². The highest BCUT2D eigenvalue weighted by atomic mass is 16.4. The Morgan fingerprint density at radius 2 is 2.00 bits per heavy atom. The van der Waals surface area contributed by atoms with E-state index < -0.39 is 5.97 Å². The molecule has 0 aliphatic heterocycles. The minimum Gasteiger partial charge on any atom is -0.478 e. The van der Waals surface area contributed by atoms with Crippen molar-refractivity contribution in [2.24, 2.45) is 5.41 Å². The van der Waals surface area contributed by atoms with Crippen molar-refractivity contribution in [1.82, 2.24) is 4.98 Å². The van der Waals surface area contributed by atoms with Crippen LogP contribution in [0.25, 0.3) is 0 Å². The van der Waals surface area contributed by atoms with E-state index in [9.17, 15) is 9.59 Å². The van der Waals surface area contributed by atoms with Gasteiger partial charge in [-0.3, -0.25) is 4.79 Å². The van der Waals surface area contributed by atoms with E-state index in [1.54, 1.807) is 0 Å².